The molecule has 0 bridgehead atoms. The molecule has 0 radical (unpaired) electrons. The van der Waals surface area contributed by atoms with Gasteiger partial charge in [-0.25, -0.2) is 0 Å². The van der Waals surface area contributed by atoms with Gasteiger partial charge >= 0.3 is 0 Å². The van der Waals surface area contributed by atoms with Gasteiger partial charge in [-0.15, -0.1) is 0 Å². The summed E-state index contributed by atoms with van der Waals surface area (Å²) in [6, 6.07) is 12.1. The van der Waals surface area contributed by atoms with Gasteiger partial charge in [-0.05, 0) is 49.5 Å². The molecule has 2 aromatic rings. The van der Waals surface area contributed by atoms with Crippen LogP contribution >= 0.6 is 28.1 Å². The zero-order valence-corrected chi connectivity index (χ0v) is 13.3. The van der Waals surface area contributed by atoms with Crippen molar-refractivity contribution in [1.29, 1.82) is 0 Å². The van der Waals surface area contributed by atoms with Crippen molar-refractivity contribution in [3.8, 4) is 0 Å². The van der Waals surface area contributed by atoms with E-state index in [-0.39, 0.29) is 0 Å². The summed E-state index contributed by atoms with van der Waals surface area (Å²) in [7, 11) is 2.05. The van der Waals surface area contributed by atoms with E-state index in [1.54, 1.807) is 0 Å². The van der Waals surface area contributed by atoms with E-state index < -0.39 is 0 Å². The van der Waals surface area contributed by atoms with Gasteiger partial charge < -0.3 is 15.2 Å². The summed E-state index contributed by atoms with van der Waals surface area (Å²) in [5, 5.41) is 6.99. The number of aryl methyl sites for hydroxylation is 1. The van der Waals surface area contributed by atoms with Gasteiger partial charge in [-0.1, -0.05) is 22.0 Å². The summed E-state index contributed by atoms with van der Waals surface area (Å²) < 4.78 is 3.17. The Morgan fingerprint density at radius 1 is 1.32 bits per heavy atom. The third-order valence-corrected chi connectivity index (χ3v) is 3.73. The number of benzene rings is 1. The van der Waals surface area contributed by atoms with E-state index in [9.17, 15) is 0 Å². The monoisotopic (exact) mass is 337 g/mol. The van der Waals surface area contributed by atoms with Crippen molar-refractivity contribution in [2.45, 2.75) is 13.5 Å². The highest BCUT2D eigenvalue weighted by atomic mass is 79.9. The van der Waals surface area contributed by atoms with Crippen molar-refractivity contribution >= 4 is 38.9 Å². The highest BCUT2D eigenvalue weighted by Gasteiger charge is 2.02. The van der Waals surface area contributed by atoms with Gasteiger partial charge in [0, 0.05) is 28.6 Å². The zero-order chi connectivity index (χ0) is 13.8. The van der Waals surface area contributed by atoms with E-state index in [4.69, 9.17) is 12.2 Å². The first kappa shape index (κ1) is 14.1. The van der Waals surface area contributed by atoms with Crippen molar-refractivity contribution in [1.82, 2.24) is 9.88 Å². The molecule has 19 heavy (non-hydrogen) atoms. The number of nitrogens with zero attached hydrogens (tertiary/aromatic N) is 1. The Labute approximate surface area is 127 Å². The predicted octanol–water partition coefficient (Wildman–Crippen LogP) is 3.58. The third kappa shape index (κ3) is 3.81. The van der Waals surface area contributed by atoms with E-state index >= 15 is 0 Å². The van der Waals surface area contributed by atoms with Crippen molar-refractivity contribution in [2.75, 3.05) is 5.32 Å². The molecular formula is C14H16BrN3S. The number of aromatic nitrogens is 1. The first-order valence-corrected chi connectivity index (χ1v) is 7.18. The van der Waals surface area contributed by atoms with Gasteiger partial charge in [0.2, 0.25) is 0 Å². The average Bonchev–Trinajstić information content (AvgIpc) is 2.68. The SMILES string of the molecule is Cc1ccc(CNC(=S)Nc2cccc(Br)c2)n1C. The Balaban J connectivity index is 1.90. The summed E-state index contributed by atoms with van der Waals surface area (Å²) in [6.45, 7) is 2.80. The Morgan fingerprint density at radius 3 is 2.74 bits per heavy atom. The minimum Gasteiger partial charge on any atom is -0.357 e. The second-order valence-corrected chi connectivity index (χ2v) is 5.67. The summed E-state index contributed by atoms with van der Waals surface area (Å²) in [5.41, 5.74) is 3.41. The number of thiocarbonyl (C=S) groups is 1. The number of nitrogens with one attached hydrogen (secondary N) is 2. The maximum atomic E-state index is 5.28. The fourth-order valence-corrected chi connectivity index (χ4v) is 2.35. The maximum absolute atomic E-state index is 5.28. The molecule has 0 aliphatic rings. The van der Waals surface area contributed by atoms with E-state index in [1.807, 2.05) is 24.3 Å². The largest absolute Gasteiger partial charge is 0.357 e. The Bertz CT molecular complexity index is 592. The lowest BCUT2D eigenvalue weighted by atomic mass is 10.3. The van der Waals surface area contributed by atoms with E-state index in [1.165, 1.54) is 11.4 Å². The van der Waals surface area contributed by atoms with Crippen molar-refractivity contribution in [3.63, 3.8) is 0 Å². The highest BCUT2D eigenvalue weighted by molar-refractivity contribution is 9.10. The number of halogens is 1. The van der Waals surface area contributed by atoms with Crippen LogP contribution in [0.5, 0.6) is 0 Å². The minimum atomic E-state index is 0.622. The smallest absolute Gasteiger partial charge is 0.171 e. The lowest BCUT2D eigenvalue weighted by molar-refractivity contribution is 0.764. The summed E-state index contributed by atoms with van der Waals surface area (Å²) in [5.74, 6) is 0. The molecule has 1 aromatic heterocycles. The molecule has 0 aliphatic heterocycles. The molecule has 0 spiro atoms. The van der Waals surface area contributed by atoms with Gasteiger partial charge in [0.05, 0.1) is 6.54 Å². The third-order valence-electron chi connectivity index (χ3n) is 2.99. The van der Waals surface area contributed by atoms with Gasteiger partial charge in [0.15, 0.2) is 5.11 Å². The molecule has 0 atom stereocenters. The number of rotatable bonds is 3. The van der Waals surface area contributed by atoms with Crippen molar-refractivity contribution in [3.05, 3.63) is 52.3 Å². The van der Waals surface area contributed by atoms with Crippen LogP contribution in [0.3, 0.4) is 0 Å². The van der Waals surface area contributed by atoms with E-state index in [2.05, 4.69) is 57.2 Å². The lowest BCUT2D eigenvalue weighted by Gasteiger charge is -2.11. The highest BCUT2D eigenvalue weighted by Crippen LogP contribution is 2.15. The number of anilines is 1. The fraction of sp³-hybridized carbons (Fsp3) is 0.214. The quantitative estimate of drug-likeness (QED) is 0.838. The molecule has 0 fully saturated rings. The molecular weight excluding hydrogens is 322 g/mol. The summed E-state index contributed by atoms with van der Waals surface area (Å²) in [4.78, 5) is 0. The first-order valence-electron chi connectivity index (χ1n) is 5.98. The molecule has 100 valence electrons. The number of hydrogen-bond acceptors (Lipinski definition) is 1. The average molecular weight is 338 g/mol. The Kier molecular flexibility index (Phi) is 4.61. The molecule has 0 saturated heterocycles. The molecule has 1 aromatic carbocycles. The lowest BCUT2D eigenvalue weighted by Crippen LogP contribution is -2.28. The fourth-order valence-electron chi connectivity index (χ4n) is 1.76. The first-order chi connectivity index (χ1) is 9.06. The zero-order valence-electron chi connectivity index (χ0n) is 10.9. The summed E-state index contributed by atoms with van der Waals surface area (Å²) >= 11 is 8.71. The number of hydrogen-bond donors (Lipinski definition) is 2. The second-order valence-electron chi connectivity index (χ2n) is 4.34. The molecule has 3 nitrogen and oxygen atoms in total. The van der Waals surface area contributed by atoms with Crippen molar-refractivity contribution < 1.29 is 0 Å². The van der Waals surface area contributed by atoms with E-state index in [0.717, 1.165) is 10.2 Å². The van der Waals surface area contributed by atoms with Gasteiger partial charge in [0.25, 0.3) is 0 Å². The van der Waals surface area contributed by atoms with Crippen LogP contribution in [0.1, 0.15) is 11.4 Å². The standard InChI is InChI=1S/C14H16BrN3S/c1-10-6-7-13(18(10)2)9-16-14(19)17-12-5-3-4-11(15)8-12/h3-8H,9H2,1-2H3,(H2,16,17,19). The van der Waals surface area contributed by atoms with Crippen molar-refractivity contribution in [2.24, 2.45) is 7.05 Å². The van der Waals surface area contributed by atoms with Gasteiger partial charge in [-0.3, -0.25) is 0 Å². The van der Waals surface area contributed by atoms with Crippen LogP contribution in [0.4, 0.5) is 5.69 Å². The van der Waals surface area contributed by atoms with Crippen LogP contribution in [-0.4, -0.2) is 9.68 Å². The molecule has 1 heterocycles. The summed E-state index contributed by atoms with van der Waals surface area (Å²) in [6.07, 6.45) is 0. The van der Waals surface area contributed by atoms with Crippen LogP contribution in [0, 0.1) is 6.92 Å². The molecule has 0 saturated carbocycles. The molecule has 2 rings (SSSR count). The van der Waals surface area contributed by atoms with Crippen LogP contribution in [-0.2, 0) is 13.6 Å². The molecule has 0 aliphatic carbocycles. The van der Waals surface area contributed by atoms with Gasteiger partial charge in [-0.2, -0.15) is 0 Å². The predicted molar refractivity (Wildman–Crippen MR) is 87.4 cm³/mol. The van der Waals surface area contributed by atoms with Crippen LogP contribution in [0.15, 0.2) is 40.9 Å². The Hall–Kier alpha value is -1.33. The van der Waals surface area contributed by atoms with Crippen LogP contribution < -0.4 is 10.6 Å². The van der Waals surface area contributed by atoms with E-state index in [0.29, 0.717) is 11.7 Å². The topological polar surface area (TPSA) is 29.0 Å². The maximum Gasteiger partial charge on any atom is 0.171 e. The Morgan fingerprint density at radius 2 is 2.11 bits per heavy atom. The molecule has 2 N–H and O–H groups in total. The normalized spacial score (nSPS) is 10.3. The minimum absolute atomic E-state index is 0.622. The van der Waals surface area contributed by atoms with Crippen LogP contribution in [0.2, 0.25) is 0 Å². The molecule has 5 heteroatoms. The second kappa shape index (κ2) is 6.21. The molecule has 0 unspecified atom stereocenters. The van der Waals surface area contributed by atoms with Crippen LogP contribution in [0.25, 0.3) is 0 Å². The molecule has 0 amide bonds. The van der Waals surface area contributed by atoms with Gasteiger partial charge in [0.1, 0.15) is 0 Å².